The first-order valence-electron chi connectivity index (χ1n) is 5.51. The lowest BCUT2D eigenvalue weighted by molar-refractivity contribution is -0.146. The zero-order valence-electron chi connectivity index (χ0n) is 9.51. The maximum absolute atomic E-state index is 5.49. The quantitative estimate of drug-likeness (QED) is 0.544. The van der Waals surface area contributed by atoms with Crippen LogP contribution < -0.4 is 0 Å². The average Bonchev–Trinajstić information content (AvgIpc) is 2.14. The van der Waals surface area contributed by atoms with Crippen LogP contribution in [0.3, 0.4) is 0 Å². The van der Waals surface area contributed by atoms with Crippen molar-refractivity contribution in [1.82, 2.24) is 0 Å². The van der Waals surface area contributed by atoms with E-state index in [0.717, 1.165) is 25.6 Å². The van der Waals surface area contributed by atoms with Gasteiger partial charge < -0.3 is 9.47 Å². The Morgan fingerprint density at radius 1 is 0.846 bits per heavy atom. The summed E-state index contributed by atoms with van der Waals surface area (Å²) in [5.74, 6) is 0.739. The zero-order chi connectivity index (χ0) is 10.1. The summed E-state index contributed by atoms with van der Waals surface area (Å²) in [5.41, 5.74) is 0. The van der Waals surface area contributed by atoms with Crippen molar-refractivity contribution in [3.63, 3.8) is 0 Å². The van der Waals surface area contributed by atoms with Gasteiger partial charge in [-0.15, -0.1) is 0 Å². The van der Waals surface area contributed by atoms with Crippen molar-refractivity contribution in [3.05, 3.63) is 0 Å². The van der Waals surface area contributed by atoms with E-state index in [1.54, 1.807) is 0 Å². The third-order valence-corrected chi connectivity index (χ3v) is 2.39. The average molecular weight is 188 g/mol. The molecule has 80 valence electrons. The second-order valence-electron chi connectivity index (χ2n) is 3.26. The minimum absolute atomic E-state index is 0.0138. The first kappa shape index (κ1) is 12.9. The summed E-state index contributed by atoms with van der Waals surface area (Å²) < 4.78 is 11.0. The van der Waals surface area contributed by atoms with E-state index >= 15 is 0 Å². The molecule has 0 unspecified atom stereocenters. The number of ether oxygens (including phenoxy) is 2. The molecule has 0 saturated heterocycles. The Morgan fingerprint density at radius 2 is 1.31 bits per heavy atom. The van der Waals surface area contributed by atoms with Crippen molar-refractivity contribution in [2.24, 2.45) is 5.92 Å². The third-order valence-electron chi connectivity index (χ3n) is 2.39. The van der Waals surface area contributed by atoms with Crippen LogP contribution in [0, 0.1) is 5.92 Å². The number of rotatable bonds is 8. The molecule has 0 saturated carbocycles. The largest absolute Gasteiger partial charge is 0.353 e. The topological polar surface area (TPSA) is 18.5 Å². The zero-order valence-corrected chi connectivity index (χ0v) is 9.51. The molecule has 0 radical (unpaired) electrons. The molecule has 0 atom stereocenters. The Hall–Kier alpha value is -0.0800. The van der Waals surface area contributed by atoms with Crippen molar-refractivity contribution in [1.29, 1.82) is 0 Å². The molecule has 0 amide bonds. The maximum atomic E-state index is 5.49. The number of hydrogen-bond acceptors (Lipinski definition) is 2. The van der Waals surface area contributed by atoms with Crippen LogP contribution in [0.5, 0.6) is 0 Å². The normalized spacial score (nSPS) is 11.5. The minimum Gasteiger partial charge on any atom is -0.353 e. The molecule has 0 aromatic carbocycles. The second kappa shape index (κ2) is 8.52. The van der Waals surface area contributed by atoms with Crippen LogP contribution in [-0.4, -0.2) is 19.5 Å². The number of hydrogen-bond donors (Lipinski definition) is 0. The Kier molecular flexibility index (Phi) is 8.46. The van der Waals surface area contributed by atoms with Gasteiger partial charge in [-0.05, 0) is 19.8 Å². The van der Waals surface area contributed by atoms with Gasteiger partial charge >= 0.3 is 0 Å². The van der Waals surface area contributed by atoms with Gasteiger partial charge in [-0.25, -0.2) is 0 Å². The molecule has 0 aliphatic heterocycles. The van der Waals surface area contributed by atoms with Crippen LogP contribution >= 0.6 is 0 Å². The van der Waals surface area contributed by atoms with Crippen LogP contribution in [-0.2, 0) is 9.47 Å². The smallest absolute Gasteiger partial charge is 0.157 e. The van der Waals surface area contributed by atoms with Gasteiger partial charge in [-0.3, -0.25) is 0 Å². The molecule has 0 aliphatic carbocycles. The van der Waals surface area contributed by atoms with Crippen molar-refractivity contribution in [2.45, 2.75) is 53.2 Å². The van der Waals surface area contributed by atoms with E-state index in [-0.39, 0.29) is 6.29 Å². The van der Waals surface area contributed by atoms with E-state index in [9.17, 15) is 0 Å². The Morgan fingerprint density at radius 3 is 1.62 bits per heavy atom. The highest BCUT2D eigenvalue weighted by Crippen LogP contribution is 2.17. The van der Waals surface area contributed by atoms with Gasteiger partial charge in [0.25, 0.3) is 0 Å². The molecular formula is C11H24O2. The van der Waals surface area contributed by atoms with E-state index in [2.05, 4.69) is 13.8 Å². The van der Waals surface area contributed by atoms with Crippen LogP contribution in [0.25, 0.3) is 0 Å². The van der Waals surface area contributed by atoms with Gasteiger partial charge in [0.1, 0.15) is 0 Å². The Labute approximate surface area is 82.6 Å². The molecule has 0 heterocycles. The lowest BCUT2D eigenvalue weighted by Gasteiger charge is -2.21. The first-order chi connectivity index (χ1) is 6.28. The van der Waals surface area contributed by atoms with E-state index in [0.29, 0.717) is 0 Å². The van der Waals surface area contributed by atoms with Gasteiger partial charge in [0.15, 0.2) is 6.29 Å². The first-order valence-corrected chi connectivity index (χ1v) is 5.51. The second-order valence-corrected chi connectivity index (χ2v) is 3.26. The molecular weight excluding hydrogens is 164 g/mol. The summed E-state index contributed by atoms with van der Waals surface area (Å²) >= 11 is 0. The van der Waals surface area contributed by atoms with Crippen molar-refractivity contribution in [3.8, 4) is 0 Å². The van der Waals surface area contributed by atoms with Gasteiger partial charge in [0.05, 0.1) is 0 Å². The van der Waals surface area contributed by atoms with E-state index in [1.807, 2.05) is 13.8 Å². The van der Waals surface area contributed by atoms with E-state index < -0.39 is 0 Å². The van der Waals surface area contributed by atoms with Crippen molar-refractivity contribution < 1.29 is 9.47 Å². The van der Waals surface area contributed by atoms with Gasteiger partial charge in [0.2, 0.25) is 0 Å². The molecule has 2 nitrogen and oxygen atoms in total. The molecule has 0 spiro atoms. The molecule has 0 aromatic heterocycles. The Balaban J connectivity index is 3.76. The summed E-state index contributed by atoms with van der Waals surface area (Å²) in [6, 6.07) is 0. The van der Waals surface area contributed by atoms with E-state index in [4.69, 9.17) is 9.47 Å². The lowest BCUT2D eigenvalue weighted by atomic mass is 9.99. The molecule has 0 aliphatic rings. The fourth-order valence-corrected chi connectivity index (χ4v) is 1.45. The summed E-state index contributed by atoms with van der Waals surface area (Å²) in [6.07, 6.45) is 3.48. The molecule has 13 heavy (non-hydrogen) atoms. The highest BCUT2D eigenvalue weighted by molar-refractivity contribution is 4.57. The van der Waals surface area contributed by atoms with Gasteiger partial charge in [-0.1, -0.05) is 26.7 Å². The van der Waals surface area contributed by atoms with Gasteiger partial charge in [0, 0.05) is 19.6 Å². The predicted octanol–water partition coefficient (Wildman–Crippen LogP) is 3.21. The summed E-state index contributed by atoms with van der Waals surface area (Å²) in [5, 5.41) is 0. The standard InChI is InChI=1S/C11H24O2/c1-5-10(6-2)9-11(12-7-3)13-8-4/h10-11H,5-9H2,1-4H3. The molecule has 2 heteroatoms. The lowest BCUT2D eigenvalue weighted by Crippen LogP contribution is -2.20. The summed E-state index contributed by atoms with van der Waals surface area (Å²) in [4.78, 5) is 0. The fraction of sp³-hybridized carbons (Fsp3) is 1.00. The van der Waals surface area contributed by atoms with Crippen molar-refractivity contribution >= 4 is 0 Å². The molecule has 0 rings (SSSR count). The van der Waals surface area contributed by atoms with Crippen LogP contribution in [0.1, 0.15) is 47.0 Å². The SMILES string of the molecule is CCOC(CC(CC)CC)OCC. The minimum atomic E-state index is 0.0138. The van der Waals surface area contributed by atoms with Crippen LogP contribution in [0.2, 0.25) is 0 Å². The molecule has 0 aromatic rings. The Bertz CT molecular complexity index is 94.3. The monoisotopic (exact) mass is 188 g/mol. The molecule has 0 fully saturated rings. The molecule has 0 N–H and O–H groups in total. The highest BCUT2D eigenvalue weighted by atomic mass is 16.7. The highest BCUT2D eigenvalue weighted by Gasteiger charge is 2.13. The van der Waals surface area contributed by atoms with Crippen LogP contribution in [0.4, 0.5) is 0 Å². The predicted molar refractivity (Wildman–Crippen MR) is 55.7 cm³/mol. The van der Waals surface area contributed by atoms with Gasteiger partial charge in [-0.2, -0.15) is 0 Å². The summed E-state index contributed by atoms with van der Waals surface area (Å²) in [7, 11) is 0. The maximum Gasteiger partial charge on any atom is 0.157 e. The fourth-order valence-electron chi connectivity index (χ4n) is 1.45. The summed E-state index contributed by atoms with van der Waals surface area (Å²) in [6.45, 7) is 9.96. The molecule has 0 bridgehead atoms. The van der Waals surface area contributed by atoms with Crippen molar-refractivity contribution in [2.75, 3.05) is 13.2 Å². The van der Waals surface area contributed by atoms with Crippen LogP contribution in [0.15, 0.2) is 0 Å². The van der Waals surface area contributed by atoms with E-state index in [1.165, 1.54) is 12.8 Å². The third kappa shape index (κ3) is 6.05.